The third-order valence-electron chi connectivity index (χ3n) is 3.12. The molecule has 18 heavy (non-hydrogen) atoms. The smallest absolute Gasteiger partial charge is 0.122 e. The molecule has 0 saturated heterocycles. The molecule has 0 fully saturated rings. The van der Waals surface area contributed by atoms with E-state index in [1.807, 2.05) is 13.0 Å². The Bertz CT molecular complexity index is 371. The summed E-state index contributed by atoms with van der Waals surface area (Å²) in [6.07, 6.45) is 1.21. The first kappa shape index (κ1) is 15.0. The summed E-state index contributed by atoms with van der Waals surface area (Å²) in [5.74, 6) is 2.30. The van der Waals surface area contributed by atoms with Crippen LogP contribution in [0, 0.1) is 18.8 Å². The van der Waals surface area contributed by atoms with Crippen molar-refractivity contribution in [1.29, 1.82) is 0 Å². The molecule has 0 radical (unpaired) electrons. The van der Waals surface area contributed by atoms with Crippen LogP contribution < -0.4 is 10.5 Å². The molecule has 0 spiro atoms. The van der Waals surface area contributed by atoms with Crippen LogP contribution in [-0.4, -0.2) is 6.61 Å². The second-order valence-corrected chi connectivity index (χ2v) is 5.86. The molecule has 0 amide bonds. The van der Waals surface area contributed by atoms with E-state index in [9.17, 15) is 0 Å². The molecule has 1 rings (SSSR count). The average Bonchev–Trinajstić information content (AvgIpc) is 2.26. The van der Waals surface area contributed by atoms with Gasteiger partial charge in [0.15, 0.2) is 0 Å². The average molecular weight is 249 g/mol. The molecule has 1 aromatic rings. The number of rotatable bonds is 6. The Kier molecular flexibility index (Phi) is 5.67. The number of benzene rings is 1. The van der Waals surface area contributed by atoms with Crippen molar-refractivity contribution in [3.05, 3.63) is 29.3 Å². The van der Waals surface area contributed by atoms with E-state index in [0.717, 1.165) is 23.8 Å². The second kappa shape index (κ2) is 6.79. The molecule has 1 unspecified atom stereocenters. The van der Waals surface area contributed by atoms with Crippen molar-refractivity contribution in [2.45, 2.75) is 47.1 Å². The highest BCUT2D eigenvalue weighted by atomic mass is 16.5. The van der Waals surface area contributed by atoms with Gasteiger partial charge in [-0.25, -0.2) is 0 Å². The largest absolute Gasteiger partial charge is 0.493 e. The minimum atomic E-state index is 0.0811. The molecule has 0 aliphatic heterocycles. The number of hydrogen-bond acceptors (Lipinski definition) is 2. The molecule has 2 N–H and O–H groups in total. The van der Waals surface area contributed by atoms with Crippen LogP contribution in [0.5, 0.6) is 5.75 Å². The third kappa shape index (κ3) is 4.69. The monoisotopic (exact) mass is 249 g/mol. The Morgan fingerprint density at radius 2 is 1.83 bits per heavy atom. The predicted molar refractivity (Wildman–Crippen MR) is 77.9 cm³/mol. The number of hydrogen-bond donors (Lipinski definition) is 1. The summed E-state index contributed by atoms with van der Waals surface area (Å²) in [5.41, 5.74) is 8.20. The van der Waals surface area contributed by atoms with Crippen LogP contribution in [0.4, 0.5) is 0 Å². The molecule has 0 bridgehead atoms. The summed E-state index contributed by atoms with van der Waals surface area (Å²) in [7, 11) is 0. The van der Waals surface area contributed by atoms with Gasteiger partial charge in [0.25, 0.3) is 0 Å². The highest BCUT2D eigenvalue weighted by Crippen LogP contribution is 2.23. The van der Waals surface area contributed by atoms with E-state index in [0.29, 0.717) is 5.92 Å². The molecular weight excluding hydrogens is 222 g/mol. The first-order valence-corrected chi connectivity index (χ1v) is 6.89. The maximum atomic E-state index is 5.89. The van der Waals surface area contributed by atoms with Crippen LogP contribution in [-0.2, 0) is 0 Å². The molecule has 0 aliphatic rings. The van der Waals surface area contributed by atoms with E-state index < -0.39 is 0 Å². The fourth-order valence-corrected chi connectivity index (χ4v) is 2.22. The lowest BCUT2D eigenvalue weighted by atomic mass is 10.00. The highest BCUT2D eigenvalue weighted by molar-refractivity contribution is 5.37. The Morgan fingerprint density at radius 1 is 1.17 bits per heavy atom. The van der Waals surface area contributed by atoms with Gasteiger partial charge in [-0.05, 0) is 49.3 Å². The van der Waals surface area contributed by atoms with Crippen LogP contribution >= 0.6 is 0 Å². The van der Waals surface area contributed by atoms with Crippen LogP contribution in [0.25, 0.3) is 0 Å². The molecule has 0 heterocycles. The van der Waals surface area contributed by atoms with Crippen LogP contribution in [0.15, 0.2) is 18.2 Å². The third-order valence-corrected chi connectivity index (χ3v) is 3.12. The summed E-state index contributed by atoms with van der Waals surface area (Å²) in [5, 5.41) is 0. The quantitative estimate of drug-likeness (QED) is 0.824. The maximum absolute atomic E-state index is 5.89. The van der Waals surface area contributed by atoms with E-state index in [2.05, 4.69) is 39.8 Å². The van der Waals surface area contributed by atoms with E-state index in [4.69, 9.17) is 10.5 Å². The standard InChI is InChI=1S/C16H27NO/c1-11(2)8-12(3)10-18-16-7-6-15(14(5)17)9-13(16)4/h6-7,9,11-12,14H,8,10,17H2,1-5H3/t12?,14-/m1/s1. The van der Waals surface area contributed by atoms with Gasteiger partial charge >= 0.3 is 0 Å². The summed E-state index contributed by atoms with van der Waals surface area (Å²) >= 11 is 0. The Morgan fingerprint density at radius 3 is 2.33 bits per heavy atom. The van der Waals surface area contributed by atoms with Gasteiger partial charge in [0.05, 0.1) is 6.61 Å². The van der Waals surface area contributed by atoms with Crippen molar-refractivity contribution < 1.29 is 4.74 Å². The van der Waals surface area contributed by atoms with E-state index in [1.54, 1.807) is 0 Å². The summed E-state index contributed by atoms with van der Waals surface area (Å²) < 4.78 is 5.89. The van der Waals surface area contributed by atoms with Crippen LogP contribution in [0.1, 0.15) is 51.3 Å². The molecule has 1 aromatic carbocycles. The Balaban J connectivity index is 2.58. The van der Waals surface area contributed by atoms with Gasteiger partial charge in [0.1, 0.15) is 5.75 Å². The molecular formula is C16H27NO. The van der Waals surface area contributed by atoms with E-state index in [-0.39, 0.29) is 6.04 Å². The fraction of sp³-hybridized carbons (Fsp3) is 0.625. The van der Waals surface area contributed by atoms with Gasteiger partial charge in [0, 0.05) is 6.04 Å². The summed E-state index contributed by atoms with van der Waals surface area (Å²) in [6, 6.07) is 6.29. The SMILES string of the molecule is Cc1cc([C@@H](C)N)ccc1OCC(C)CC(C)C. The maximum Gasteiger partial charge on any atom is 0.122 e. The van der Waals surface area contributed by atoms with Crippen molar-refractivity contribution in [1.82, 2.24) is 0 Å². The normalized spacial score (nSPS) is 14.6. The van der Waals surface area contributed by atoms with Crippen LogP contribution in [0.2, 0.25) is 0 Å². The van der Waals surface area contributed by atoms with Crippen molar-refractivity contribution in [3.63, 3.8) is 0 Å². The molecule has 0 aliphatic carbocycles. The predicted octanol–water partition coefficient (Wildman–Crippen LogP) is 4.08. The van der Waals surface area contributed by atoms with Crippen molar-refractivity contribution in [2.24, 2.45) is 17.6 Å². The van der Waals surface area contributed by atoms with E-state index >= 15 is 0 Å². The molecule has 0 saturated carbocycles. The fourth-order valence-electron chi connectivity index (χ4n) is 2.22. The molecule has 2 heteroatoms. The van der Waals surface area contributed by atoms with Gasteiger partial charge in [-0.2, -0.15) is 0 Å². The molecule has 2 nitrogen and oxygen atoms in total. The van der Waals surface area contributed by atoms with Gasteiger partial charge in [-0.15, -0.1) is 0 Å². The Labute approximate surface area is 112 Å². The van der Waals surface area contributed by atoms with Crippen molar-refractivity contribution in [2.75, 3.05) is 6.61 Å². The lowest BCUT2D eigenvalue weighted by Gasteiger charge is -2.17. The molecule has 102 valence electrons. The number of nitrogens with two attached hydrogens (primary N) is 1. The first-order valence-electron chi connectivity index (χ1n) is 6.89. The van der Waals surface area contributed by atoms with Gasteiger partial charge in [-0.1, -0.05) is 32.9 Å². The zero-order valence-corrected chi connectivity index (χ0v) is 12.4. The zero-order chi connectivity index (χ0) is 13.7. The Hall–Kier alpha value is -1.02. The number of ether oxygens (including phenoxy) is 1. The number of aryl methyl sites for hydroxylation is 1. The van der Waals surface area contributed by atoms with Crippen LogP contribution in [0.3, 0.4) is 0 Å². The first-order chi connectivity index (χ1) is 8.40. The lowest BCUT2D eigenvalue weighted by molar-refractivity contribution is 0.237. The minimum absolute atomic E-state index is 0.0811. The van der Waals surface area contributed by atoms with Crippen molar-refractivity contribution >= 4 is 0 Å². The summed E-state index contributed by atoms with van der Waals surface area (Å²) in [4.78, 5) is 0. The molecule has 2 atom stereocenters. The zero-order valence-electron chi connectivity index (χ0n) is 12.4. The minimum Gasteiger partial charge on any atom is -0.493 e. The van der Waals surface area contributed by atoms with Gasteiger partial charge in [0.2, 0.25) is 0 Å². The highest BCUT2D eigenvalue weighted by Gasteiger charge is 2.08. The second-order valence-electron chi connectivity index (χ2n) is 5.86. The topological polar surface area (TPSA) is 35.2 Å². The van der Waals surface area contributed by atoms with E-state index in [1.165, 1.54) is 12.0 Å². The molecule has 0 aromatic heterocycles. The van der Waals surface area contributed by atoms with Crippen molar-refractivity contribution in [3.8, 4) is 5.75 Å². The van der Waals surface area contributed by atoms with Gasteiger partial charge < -0.3 is 10.5 Å². The lowest BCUT2D eigenvalue weighted by Crippen LogP contribution is -2.12. The van der Waals surface area contributed by atoms with Gasteiger partial charge in [-0.3, -0.25) is 0 Å². The summed E-state index contributed by atoms with van der Waals surface area (Å²) in [6.45, 7) is 11.6.